The van der Waals surface area contributed by atoms with E-state index in [1.807, 2.05) is 30.1 Å². The highest BCUT2D eigenvalue weighted by Crippen LogP contribution is 2.23. The number of benzene rings is 1. The normalized spacial score (nSPS) is 10.5. The van der Waals surface area contributed by atoms with Crippen molar-refractivity contribution >= 4 is 23.2 Å². The van der Waals surface area contributed by atoms with E-state index in [4.69, 9.17) is 16.3 Å². The van der Waals surface area contributed by atoms with Gasteiger partial charge in [-0.25, -0.2) is 0 Å². The molecular weight excluding hydrogens is 290 g/mol. The van der Waals surface area contributed by atoms with Crippen LogP contribution in [0.3, 0.4) is 0 Å². The van der Waals surface area contributed by atoms with E-state index in [-0.39, 0.29) is 12.5 Å². The van der Waals surface area contributed by atoms with E-state index in [0.29, 0.717) is 18.2 Å². The second-order valence-electron chi connectivity index (χ2n) is 4.75. The summed E-state index contributed by atoms with van der Waals surface area (Å²) >= 11 is 6.26. The Balaban J connectivity index is 2.55. The van der Waals surface area contributed by atoms with Crippen molar-refractivity contribution in [2.45, 2.75) is 13.5 Å². The largest absolute Gasteiger partial charge is 0.383 e. The van der Waals surface area contributed by atoms with Crippen molar-refractivity contribution in [2.24, 2.45) is 0 Å². The lowest BCUT2D eigenvalue weighted by Crippen LogP contribution is -2.36. The third-order valence-corrected chi connectivity index (χ3v) is 3.40. The molecule has 0 bridgehead atoms. The molecule has 1 aromatic rings. The molecule has 0 aliphatic carbocycles. The third kappa shape index (κ3) is 6.33. The number of anilines is 1. The molecule has 0 aromatic heterocycles. The van der Waals surface area contributed by atoms with Gasteiger partial charge in [-0.2, -0.15) is 0 Å². The number of hydrogen-bond acceptors (Lipinski definition) is 4. The monoisotopic (exact) mass is 313 g/mol. The van der Waals surface area contributed by atoms with E-state index in [0.717, 1.165) is 24.3 Å². The predicted molar refractivity (Wildman–Crippen MR) is 87.0 cm³/mol. The molecule has 1 aromatic carbocycles. The predicted octanol–water partition coefficient (Wildman–Crippen LogP) is 1.65. The molecule has 21 heavy (non-hydrogen) atoms. The zero-order valence-corrected chi connectivity index (χ0v) is 13.7. The number of amides is 1. The summed E-state index contributed by atoms with van der Waals surface area (Å²) in [5.74, 6) is -0.0394. The van der Waals surface area contributed by atoms with Crippen molar-refractivity contribution in [3.05, 3.63) is 28.8 Å². The molecule has 0 heterocycles. The van der Waals surface area contributed by atoms with Gasteiger partial charge in [0, 0.05) is 38.0 Å². The highest BCUT2D eigenvalue weighted by Gasteiger charge is 2.09. The fourth-order valence-electron chi connectivity index (χ4n) is 1.83. The van der Waals surface area contributed by atoms with E-state index >= 15 is 0 Å². The number of halogens is 1. The fourth-order valence-corrected chi connectivity index (χ4v) is 2.07. The van der Waals surface area contributed by atoms with Crippen LogP contribution in [0.25, 0.3) is 0 Å². The Morgan fingerprint density at radius 1 is 1.43 bits per heavy atom. The van der Waals surface area contributed by atoms with Gasteiger partial charge in [-0.1, -0.05) is 24.6 Å². The highest BCUT2D eigenvalue weighted by molar-refractivity contribution is 6.31. The van der Waals surface area contributed by atoms with E-state index in [9.17, 15) is 4.79 Å². The summed E-state index contributed by atoms with van der Waals surface area (Å²) in [6.45, 7) is 5.02. The standard InChI is InChI=1S/C15H24ClN3O2/c1-4-17-10-12-5-6-13(9-14(12)16)19(2)11-15(20)18-7-8-21-3/h5-6,9,17H,4,7-8,10-11H2,1-3H3,(H,18,20). The van der Waals surface area contributed by atoms with Crippen LogP contribution in [-0.2, 0) is 16.1 Å². The van der Waals surface area contributed by atoms with E-state index in [2.05, 4.69) is 17.6 Å². The summed E-state index contributed by atoms with van der Waals surface area (Å²) in [5, 5.41) is 6.74. The van der Waals surface area contributed by atoms with Gasteiger partial charge in [-0.3, -0.25) is 4.79 Å². The van der Waals surface area contributed by atoms with Crippen molar-refractivity contribution in [1.29, 1.82) is 0 Å². The van der Waals surface area contributed by atoms with Gasteiger partial charge in [-0.15, -0.1) is 0 Å². The maximum absolute atomic E-state index is 11.7. The first-order valence-corrected chi connectivity index (χ1v) is 7.42. The molecule has 0 unspecified atom stereocenters. The van der Waals surface area contributed by atoms with Crippen molar-refractivity contribution in [1.82, 2.24) is 10.6 Å². The molecular formula is C15H24ClN3O2. The third-order valence-electron chi connectivity index (χ3n) is 3.05. The minimum atomic E-state index is -0.0394. The van der Waals surface area contributed by atoms with Crippen molar-refractivity contribution in [2.75, 3.05) is 45.3 Å². The Hall–Kier alpha value is -1.30. The lowest BCUT2D eigenvalue weighted by atomic mass is 10.2. The van der Waals surface area contributed by atoms with Crippen molar-refractivity contribution in [3.63, 3.8) is 0 Å². The molecule has 0 aliphatic rings. The SMILES string of the molecule is CCNCc1ccc(N(C)CC(=O)NCCOC)cc1Cl. The van der Waals surface area contributed by atoms with Gasteiger partial charge in [0.15, 0.2) is 0 Å². The van der Waals surface area contributed by atoms with Gasteiger partial charge in [0.2, 0.25) is 5.91 Å². The maximum atomic E-state index is 11.7. The first kappa shape index (κ1) is 17.8. The number of nitrogens with zero attached hydrogens (tertiary/aromatic N) is 1. The fraction of sp³-hybridized carbons (Fsp3) is 0.533. The number of methoxy groups -OCH3 is 1. The van der Waals surface area contributed by atoms with Crippen LogP contribution in [0.5, 0.6) is 0 Å². The number of likely N-dealkylation sites (N-methyl/N-ethyl adjacent to an activating group) is 1. The lowest BCUT2D eigenvalue weighted by molar-refractivity contribution is -0.119. The van der Waals surface area contributed by atoms with Gasteiger partial charge in [-0.05, 0) is 24.2 Å². The highest BCUT2D eigenvalue weighted by atomic mass is 35.5. The number of carbonyl (C=O) groups is 1. The van der Waals surface area contributed by atoms with Gasteiger partial charge >= 0.3 is 0 Å². The number of rotatable bonds is 9. The smallest absolute Gasteiger partial charge is 0.239 e. The first-order chi connectivity index (χ1) is 10.1. The molecule has 6 heteroatoms. The quantitative estimate of drug-likeness (QED) is 0.681. The Labute approximate surface area is 131 Å². The van der Waals surface area contributed by atoms with E-state index in [1.165, 1.54) is 0 Å². The minimum Gasteiger partial charge on any atom is -0.383 e. The number of ether oxygens (including phenoxy) is 1. The second kappa shape index (κ2) is 9.60. The zero-order chi connectivity index (χ0) is 15.7. The second-order valence-corrected chi connectivity index (χ2v) is 5.16. The van der Waals surface area contributed by atoms with E-state index < -0.39 is 0 Å². The minimum absolute atomic E-state index is 0.0394. The van der Waals surface area contributed by atoms with Gasteiger partial charge in [0.25, 0.3) is 0 Å². The van der Waals surface area contributed by atoms with Crippen molar-refractivity contribution < 1.29 is 9.53 Å². The molecule has 0 saturated carbocycles. The number of carbonyl (C=O) groups excluding carboxylic acids is 1. The molecule has 0 aliphatic heterocycles. The van der Waals surface area contributed by atoms with Gasteiger partial charge < -0.3 is 20.3 Å². The molecule has 5 nitrogen and oxygen atoms in total. The number of nitrogens with one attached hydrogen (secondary N) is 2. The molecule has 118 valence electrons. The molecule has 0 saturated heterocycles. The van der Waals surface area contributed by atoms with Crippen molar-refractivity contribution in [3.8, 4) is 0 Å². The lowest BCUT2D eigenvalue weighted by Gasteiger charge is -2.20. The van der Waals surface area contributed by atoms with Crippen LogP contribution in [0.4, 0.5) is 5.69 Å². The average molecular weight is 314 g/mol. The zero-order valence-electron chi connectivity index (χ0n) is 12.9. The van der Waals surface area contributed by atoms with Crippen LogP contribution >= 0.6 is 11.6 Å². The van der Waals surface area contributed by atoms with Crippen LogP contribution in [0.15, 0.2) is 18.2 Å². The molecule has 0 atom stereocenters. The van der Waals surface area contributed by atoms with E-state index in [1.54, 1.807) is 7.11 Å². The Morgan fingerprint density at radius 3 is 2.81 bits per heavy atom. The molecule has 0 fully saturated rings. The summed E-state index contributed by atoms with van der Waals surface area (Å²) in [6, 6.07) is 5.84. The Bertz CT molecular complexity index is 455. The van der Waals surface area contributed by atoms with Crippen LogP contribution in [0, 0.1) is 0 Å². The topological polar surface area (TPSA) is 53.6 Å². The molecule has 0 spiro atoms. The van der Waals surface area contributed by atoms with Crippen LogP contribution < -0.4 is 15.5 Å². The maximum Gasteiger partial charge on any atom is 0.239 e. The summed E-state index contributed by atoms with van der Waals surface area (Å²) in [4.78, 5) is 13.6. The molecule has 1 amide bonds. The van der Waals surface area contributed by atoms with Gasteiger partial charge in [0.05, 0.1) is 13.2 Å². The summed E-state index contributed by atoms with van der Waals surface area (Å²) < 4.78 is 4.89. The molecule has 2 N–H and O–H groups in total. The van der Waals surface area contributed by atoms with Crippen LogP contribution in [-0.4, -0.2) is 46.3 Å². The molecule has 0 radical (unpaired) electrons. The van der Waals surface area contributed by atoms with Crippen LogP contribution in [0.2, 0.25) is 5.02 Å². The summed E-state index contributed by atoms with van der Waals surface area (Å²) in [5.41, 5.74) is 1.97. The van der Waals surface area contributed by atoms with Gasteiger partial charge in [0.1, 0.15) is 0 Å². The first-order valence-electron chi connectivity index (χ1n) is 7.04. The average Bonchev–Trinajstić information content (AvgIpc) is 2.46. The Kier molecular flexibility index (Phi) is 8.12. The Morgan fingerprint density at radius 2 is 2.19 bits per heavy atom. The summed E-state index contributed by atoms with van der Waals surface area (Å²) in [7, 11) is 3.47. The molecule has 1 rings (SSSR count). The van der Waals surface area contributed by atoms with Crippen LogP contribution in [0.1, 0.15) is 12.5 Å². The number of hydrogen-bond donors (Lipinski definition) is 2. The summed E-state index contributed by atoms with van der Waals surface area (Å²) in [6.07, 6.45) is 0.